The minimum absolute atomic E-state index is 0.936. The van der Waals surface area contributed by atoms with Gasteiger partial charge in [-0.1, -0.05) is 31.4 Å². The van der Waals surface area contributed by atoms with Crippen LogP contribution in [0.3, 0.4) is 0 Å². The molecule has 0 amide bonds. The van der Waals surface area contributed by atoms with Crippen molar-refractivity contribution in [1.29, 1.82) is 0 Å². The van der Waals surface area contributed by atoms with Gasteiger partial charge in [-0.2, -0.15) is 0 Å². The first-order valence-corrected chi connectivity index (χ1v) is 7.85. The molecule has 1 fully saturated rings. The number of hydrogen-bond acceptors (Lipinski definition) is 2. The molecule has 3 rings (SSSR count). The van der Waals surface area contributed by atoms with Crippen molar-refractivity contribution < 1.29 is 0 Å². The second-order valence-corrected chi connectivity index (χ2v) is 6.37. The van der Waals surface area contributed by atoms with Crippen LogP contribution in [0.5, 0.6) is 0 Å². The molecule has 0 aromatic heterocycles. The molecule has 0 saturated heterocycles. The van der Waals surface area contributed by atoms with Crippen molar-refractivity contribution in [3.8, 4) is 0 Å². The summed E-state index contributed by atoms with van der Waals surface area (Å²) in [4.78, 5) is 2.51. The van der Waals surface area contributed by atoms with E-state index < -0.39 is 0 Å². The first-order valence-electron chi connectivity index (χ1n) is 7.85. The molecule has 0 unspecified atom stereocenters. The lowest BCUT2D eigenvalue weighted by Gasteiger charge is -2.27. The Hall–Kier alpha value is -1.02. The van der Waals surface area contributed by atoms with Gasteiger partial charge in [-0.05, 0) is 49.4 Å². The number of nitrogens with zero attached hydrogens (tertiary/aromatic N) is 1. The highest BCUT2D eigenvalue weighted by Gasteiger charge is 2.16. The maximum atomic E-state index is 3.48. The van der Waals surface area contributed by atoms with Crippen molar-refractivity contribution in [2.45, 2.75) is 45.1 Å². The summed E-state index contributed by atoms with van der Waals surface area (Å²) in [6.07, 6.45) is 8.42. The van der Waals surface area contributed by atoms with E-state index in [0.717, 1.165) is 19.0 Å². The zero-order valence-electron chi connectivity index (χ0n) is 12.1. The lowest BCUT2D eigenvalue weighted by Crippen LogP contribution is -2.26. The maximum absolute atomic E-state index is 3.48. The third-order valence-corrected chi connectivity index (χ3v) is 4.63. The van der Waals surface area contributed by atoms with Crippen LogP contribution in [0, 0.1) is 5.92 Å². The van der Waals surface area contributed by atoms with E-state index in [4.69, 9.17) is 0 Å². The largest absolute Gasteiger partial charge is 0.384 e. The van der Waals surface area contributed by atoms with Gasteiger partial charge >= 0.3 is 0 Å². The number of anilines is 1. The summed E-state index contributed by atoms with van der Waals surface area (Å²) in [7, 11) is 2.27. The molecule has 0 spiro atoms. The lowest BCUT2D eigenvalue weighted by molar-refractivity contribution is 0.228. The predicted octanol–water partition coefficient (Wildman–Crippen LogP) is 3.67. The Kier molecular flexibility index (Phi) is 4.07. The zero-order valence-corrected chi connectivity index (χ0v) is 12.1. The van der Waals surface area contributed by atoms with E-state index in [9.17, 15) is 0 Å². The summed E-state index contributed by atoms with van der Waals surface area (Å²) in [5.41, 5.74) is 4.30. The molecule has 19 heavy (non-hydrogen) atoms. The number of fused-ring (bicyclic) bond motifs is 1. The van der Waals surface area contributed by atoms with Crippen LogP contribution in [0.25, 0.3) is 0 Å². The molecule has 0 atom stereocenters. The molecule has 1 aromatic carbocycles. The van der Waals surface area contributed by atoms with Crippen LogP contribution in [0.1, 0.15) is 43.2 Å². The van der Waals surface area contributed by atoms with E-state index in [2.05, 4.69) is 35.5 Å². The van der Waals surface area contributed by atoms with Gasteiger partial charge in [-0.15, -0.1) is 0 Å². The summed E-state index contributed by atoms with van der Waals surface area (Å²) >= 11 is 0. The number of hydrogen-bond donors (Lipinski definition) is 1. The van der Waals surface area contributed by atoms with Crippen molar-refractivity contribution in [2.75, 3.05) is 25.5 Å². The molecule has 0 bridgehead atoms. The summed E-state index contributed by atoms with van der Waals surface area (Å²) in [5, 5.41) is 3.48. The Labute approximate surface area is 117 Å². The van der Waals surface area contributed by atoms with Crippen LogP contribution in [0.4, 0.5) is 5.69 Å². The van der Waals surface area contributed by atoms with Crippen LogP contribution in [-0.2, 0) is 13.0 Å². The topological polar surface area (TPSA) is 15.3 Å². The highest BCUT2D eigenvalue weighted by Crippen LogP contribution is 2.26. The van der Waals surface area contributed by atoms with Crippen LogP contribution >= 0.6 is 0 Å². The molecule has 1 saturated carbocycles. The Bertz CT molecular complexity index is 421. The van der Waals surface area contributed by atoms with Gasteiger partial charge in [-0.3, -0.25) is 0 Å². The highest BCUT2D eigenvalue weighted by atomic mass is 15.1. The van der Waals surface area contributed by atoms with Gasteiger partial charge in [0, 0.05) is 25.3 Å². The minimum Gasteiger partial charge on any atom is -0.384 e. The Balaban J connectivity index is 1.55. The molecule has 1 heterocycles. The van der Waals surface area contributed by atoms with Crippen molar-refractivity contribution in [3.05, 3.63) is 29.3 Å². The monoisotopic (exact) mass is 258 g/mol. The molecule has 2 heteroatoms. The maximum Gasteiger partial charge on any atom is 0.0376 e. The van der Waals surface area contributed by atoms with Crippen molar-refractivity contribution in [3.63, 3.8) is 0 Å². The predicted molar refractivity (Wildman–Crippen MR) is 81.5 cm³/mol. The Morgan fingerprint density at radius 1 is 1.21 bits per heavy atom. The molecule has 1 N–H and O–H groups in total. The van der Waals surface area contributed by atoms with Gasteiger partial charge in [0.05, 0.1) is 0 Å². The summed E-state index contributed by atoms with van der Waals surface area (Å²) < 4.78 is 0. The first-order chi connectivity index (χ1) is 9.31. The molecule has 2 nitrogen and oxygen atoms in total. The first kappa shape index (κ1) is 13.0. The van der Waals surface area contributed by atoms with Crippen LogP contribution in [0.2, 0.25) is 0 Å². The SMILES string of the molecule is CN(Cc1ccc2c(c1)NCC2)CC1CCCCC1. The third kappa shape index (κ3) is 3.30. The van der Waals surface area contributed by atoms with E-state index in [1.54, 1.807) is 0 Å². The molecule has 1 aliphatic heterocycles. The van der Waals surface area contributed by atoms with Gasteiger partial charge in [0.1, 0.15) is 0 Å². The highest BCUT2D eigenvalue weighted by molar-refractivity contribution is 5.56. The molecular formula is C17H26N2. The average molecular weight is 258 g/mol. The number of nitrogens with one attached hydrogen (secondary N) is 1. The fourth-order valence-corrected chi connectivity index (χ4v) is 3.62. The van der Waals surface area contributed by atoms with Crippen LogP contribution < -0.4 is 5.32 Å². The average Bonchev–Trinajstić information content (AvgIpc) is 2.87. The minimum atomic E-state index is 0.936. The van der Waals surface area contributed by atoms with Gasteiger partial charge in [0.15, 0.2) is 0 Å². The zero-order chi connectivity index (χ0) is 13.1. The summed E-state index contributed by atoms with van der Waals surface area (Å²) in [6.45, 7) is 3.46. The van der Waals surface area contributed by atoms with E-state index >= 15 is 0 Å². The molecule has 2 aliphatic rings. The second-order valence-electron chi connectivity index (χ2n) is 6.37. The van der Waals surface area contributed by atoms with Crippen molar-refractivity contribution >= 4 is 5.69 Å². The van der Waals surface area contributed by atoms with Crippen LogP contribution in [-0.4, -0.2) is 25.0 Å². The molecule has 0 radical (unpaired) electrons. The fourth-order valence-electron chi connectivity index (χ4n) is 3.62. The molecule has 104 valence electrons. The van der Waals surface area contributed by atoms with Crippen molar-refractivity contribution in [2.24, 2.45) is 5.92 Å². The number of rotatable bonds is 4. The Morgan fingerprint density at radius 2 is 2.05 bits per heavy atom. The van der Waals surface area contributed by atoms with Gasteiger partial charge in [0.25, 0.3) is 0 Å². The quantitative estimate of drug-likeness (QED) is 0.886. The molecular weight excluding hydrogens is 232 g/mol. The van der Waals surface area contributed by atoms with Gasteiger partial charge in [-0.25, -0.2) is 0 Å². The normalized spacial score (nSPS) is 19.5. The number of benzene rings is 1. The molecule has 1 aliphatic carbocycles. The van der Waals surface area contributed by atoms with E-state index in [0.29, 0.717) is 0 Å². The molecule has 1 aromatic rings. The van der Waals surface area contributed by atoms with Gasteiger partial charge < -0.3 is 10.2 Å². The van der Waals surface area contributed by atoms with E-state index in [-0.39, 0.29) is 0 Å². The second kappa shape index (κ2) is 5.96. The van der Waals surface area contributed by atoms with Crippen LogP contribution in [0.15, 0.2) is 18.2 Å². The Morgan fingerprint density at radius 3 is 2.89 bits per heavy atom. The smallest absolute Gasteiger partial charge is 0.0376 e. The van der Waals surface area contributed by atoms with Crippen molar-refractivity contribution in [1.82, 2.24) is 4.90 Å². The lowest BCUT2D eigenvalue weighted by atomic mass is 9.89. The standard InChI is InChI=1S/C17H26N2/c1-19(12-14-5-3-2-4-6-14)13-15-7-8-16-9-10-18-17(16)11-15/h7-8,11,14,18H,2-6,9-10,12-13H2,1H3. The van der Waals surface area contributed by atoms with E-state index in [1.165, 1.54) is 61.9 Å². The van der Waals surface area contributed by atoms with E-state index in [1.807, 2.05) is 0 Å². The fraction of sp³-hybridized carbons (Fsp3) is 0.647. The summed E-state index contributed by atoms with van der Waals surface area (Å²) in [6, 6.07) is 6.96. The third-order valence-electron chi connectivity index (χ3n) is 4.63. The van der Waals surface area contributed by atoms with Gasteiger partial charge in [0.2, 0.25) is 0 Å². The summed E-state index contributed by atoms with van der Waals surface area (Å²) in [5.74, 6) is 0.936.